The fraction of sp³-hybridized carbons (Fsp3) is 0.480. The number of hydrogen-bond donors (Lipinski definition) is 3. The molecule has 2 aromatic rings. The van der Waals surface area contributed by atoms with E-state index in [0.29, 0.717) is 11.7 Å². The topological polar surface area (TPSA) is 67.8 Å². The standard InChI is InChI=1S/C25H34N4O2/c1-17(2)15-28-13-11-25(12-14-28)16-29(23-21(30)10-9-18(3)22(23)25)20-8-6-5-7-19(20)27-24(31)26-4/h5-10,17,30H,11-16H2,1-4H3,(H2,26,27,31). The molecule has 0 aliphatic carbocycles. The van der Waals surface area contributed by atoms with Crippen molar-refractivity contribution >= 4 is 23.1 Å². The summed E-state index contributed by atoms with van der Waals surface area (Å²) in [6.07, 6.45) is 2.14. The molecule has 4 rings (SSSR count). The summed E-state index contributed by atoms with van der Waals surface area (Å²) in [6.45, 7) is 10.8. The lowest BCUT2D eigenvalue weighted by molar-refractivity contribution is 0.152. The molecule has 1 saturated heterocycles. The van der Waals surface area contributed by atoms with Crippen LogP contribution in [0.1, 0.15) is 37.8 Å². The number of amides is 2. The second kappa shape index (κ2) is 8.42. The maximum absolute atomic E-state index is 12.0. The van der Waals surface area contributed by atoms with Crippen LogP contribution >= 0.6 is 0 Å². The number of fused-ring (bicyclic) bond motifs is 2. The van der Waals surface area contributed by atoms with E-state index in [0.717, 1.165) is 56.1 Å². The molecule has 1 fully saturated rings. The molecule has 2 aromatic carbocycles. The molecule has 2 amide bonds. The van der Waals surface area contributed by atoms with Gasteiger partial charge in [0.1, 0.15) is 5.75 Å². The summed E-state index contributed by atoms with van der Waals surface area (Å²) in [5.41, 5.74) is 5.04. The van der Waals surface area contributed by atoms with Crippen molar-refractivity contribution < 1.29 is 9.90 Å². The maximum Gasteiger partial charge on any atom is 0.319 e. The Labute approximate surface area is 185 Å². The largest absolute Gasteiger partial charge is 0.506 e. The molecule has 6 nitrogen and oxygen atoms in total. The Kier molecular flexibility index (Phi) is 5.84. The minimum Gasteiger partial charge on any atom is -0.506 e. The molecule has 0 aromatic heterocycles. The van der Waals surface area contributed by atoms with Crippen LogP contribution in [0.4, 0.5) is 21.9 Å². The van der Waals surface area contributed by atoms with Crippen LogP contribution < -0.4 is 15.5 Å². The predicted octanol–water partition coefficient (Wildman–Crippen LogP) is 4.59. The van der Waals surface area contributed by atoms with E-state index >= 15 is 0 Å². The first-order chi connectivity index (χ1) is 14.8. The highest BCUT2D eigenvalue weighted by atomic mass is 16.3. The van der Waals surface area contributed by atoms with Crippen LogP contribution in [-0.4, -0.2) is 49.3 Å². The number of phenols is 1. The number of nitrogens with zero attached hydrogens (tertiary/aromatic N) is 2. The minimum atomic E-state index is -0.253. The molecule has 0 saturated carbocycles. The number of hydrogen-bond acceptors (Lipinski definition) is 4. The number of phenolic OH excluding ortho intramolecular Hbond substituents is 1. The zero-order chi connectivity index (χ0) is 22.2. The zero-order valence-electron chi connectivity index (χ0n) is 19.0. The third-order valence-electron chi connectivity index (χ3n) is 6.73. The Morgan fingerprint density at radius 3 is 2.55 bits per heavy atom. The summed E-state index contributed by atoms with van der Waals surface area (Å²) in [7, 11) is 1.61. The van der Waals surface area contributed by atoms with Crippen molar-refractivity contribution in [2.24, 2.45) is 5.92 Å². The van der Waals surface area contributed by atoms with E-state index in [1.807, 2.05) is 30.3 Å². The Morgan fingerprint density at radius 2 is 1.87 bits per heavy atom. The van der Waals surface area contributed by atoms with Gasteiger partial charge in [0.05, 0.1) is 17.1 Å². The van der Waals surface area contributed by atoms with Crippen molar-refractivity contribution in [2.45, 2.75) is 39.0 Å². The molecule has 3 N–H and O–H groups in total. The van der Waals surface area contributed by atoms with Gasteiger partial charge in [0, 0.05) is 25.6 Å². The number of likely N-dealkylation sites (tertiary alicyclic amines) is 1. The number of aromatic hydroxyl groups is 1. The molecule has 2 aliphatic heterocycles. The number of carbonyl (C=O) groups excluding carboxylic acids is 1. The van der Waals surface area contributed by atoms with Gasteiger partial charge in [-0.15, -0.1) is 0 Å². The zero-order valence-corrected chi connectivity index (χ0v) is 19.0. The molecule has 2 aliphatic rings. The highest BCUT2D eigenvalue weighted by molar-refractivity contribution is 5.95. The first-order valence-electron chi connectivity index (χ1n) is 11.3. The van der Waals surface area contributed by atoms with Crippen LogP contribution in [0.5, 0.6) is 5.75 Å². The molecule has 31 heavy (non-hydrogen) atoms. The monoisotopic (exact) mass is 422 g/mol. The molecule has 0 radical (unpaired) electrons. The molecular formula is C25H34N4O2. The van der Waals surface area contributed by atoms with E-state index in [9.17, 15) is 9.90 Å². The van der Waals surface area contributed by atoms with E-state index in [1.165, 1.54) is 11.1 Å². The van der Waals surface area contributed by atoms with E-state index in [4.69, 9.17) is 0 Å². The average molecular weight is 423 g/mol. The van der Waals surface area contributed by atoms with Crippen LogP contribution in [0.25, 0.3) is 0 Å². The molecular weight excluding hydrogens is 388 g/mol. The molecule has 1 spiro atoms. The van der Waals surface area contributed by atoms with Crippen LogP contribution in [0.15, 0.2) is 36.4 Å². The Bertz CT molecular complexity index is 964. The molecule has 0 atom stereocenters. The summed E-state index contributed by atoms with van der Waals surface area (Å²) in [6, 6.07) is 11.4. The summed E-state index contributed by atoms with van der Waals surface area (Å²) in [4.78, 5) is 16.8. The summed E-state index contributed by atoms with van der Waals surface area (Å²) in [5.74, 6) is 0.965. The van der Waals surface area contributed by atoms with Gasteiger partial charge in [-0.2, -0.15) is 0 Å². The van der Waals surface area contributed by atoms with Gasteiger partial charge in [-0.3, -0.25) is 0 Å². The highest BCUT2D eigenvalue weighted by Crippen LogP contribution is 2.55. The Hall–Kier alpha value is -2.73. The lowest BCUT2D eigenvalue weighted by Gasteiger charge is -2.41. The van der Waals surface area contributed by atoms with Gasteiger partial charge in [-0.25, -0.2) is 4.79 Å². The Morgan fingerprint density at radius 1 is 1.16 bits per heavy atom. The SMILES string of the molecule is CNC(=O)Nc1ccccc1N1CC2(CCN(CC(C)C)CC2)c2c(C)ccc(O)c21. The summed E-state index contributed by atoms with van der Waals surface area (Å²) in [5, 5.41) is 16.5. The van der Waals surface area contributed by atoms with Crippen LogP contribution in [0, 0.1) is 12.8 Å². The van der Waals surface area contributed by atoms with Gasteiger partial charge in [0.2, 0.25) is 0 Å². The normalized spacial score (nSPS) is 17.8. The van der Waals surface area contributed by atoms with Crippen molar-refractivity contribution in [3.05, 3.63) is 47.5 Å². The van der Waals surface area contributed by atoms with Gasteiger partial charge >= 0.3 is 6.03 Å². The van der Waals surface area contributed by atoms with Gasteiger partial charge in [0.25, 0.3) is 0 Å². The number of aryl methyl sites for hydroxylation is 1. The molecule has 166 valence electrons. The van der Waals surface area contributed by atoms with Gasteiger partial charge in [0.15, 0.2) is 0 Å². The quantitative estimate of drug-likeness (QED) is 0.674. The lowest BCUT2D eigenvalue weighted by atomic mass is 9.72. The van der Waals surface area contributed by atoms with Gasteiger partial charge < -0.3 is 25.5 Å². The third-order valence-corrected chi connectivity index (χ3v) is 6.73. The van der Waals surface area contributed by atoms with Crippen LogP contribution in [-0.2, 0) is 5.41 Å². The molecule has 6 heteroatoms. The number of nitrogens with one attached hydrogen (secondary N) is 2. The number of para-hydroxylation sites is 2. The minimum absolute atomic E-state index is 0.00572. The summed E-state index contributed by atoms with van der Waals surface area (Å²) < 4.78 is 0. The van der Waals surface area contributed by atoms with Crippen molar-refractivity contribution in [1.29, 1.82) is 0 Å². The Balaban J connectivity index is 1.74. The van der Waals surface area contributed by atoms with E-state index in [2.05, 4.69) is 41.2 Å². The summed E-state index contributed by atoms with van der Waals surface area (Å²) >= 11 is 0. The van der Waals surface area contributed by atoms with Crippen molar-refractivity contribution in [3.63, 3.8) is 0 Å². The number of anilines is 3. The number of rotatable bonds is 4. The van der Waals surface area contributed by atoms with Crippen LogP contribution in [0.3, 0.4) is 0 Å². The average Bonchev–Trinajstić information content (AvgIpc) is 3.08. The van der Waals surface area contributed by atoms with Crippen molar-refractivity contribution in [3.8, 4) is 5.75 Å². The second-order valence-corrected chi connectivity index (χ2v) is 9.41. The number of carbonyl (C=O) groups is 1. The fourth-order valence-electron chi connectivity index (χ4n) is 5.38. The van der Waals surface area contributed by atoms with E-state index < -0.39 is 0 Å². The smallest absolute Gasteiger partial charge is 0.319 e. The van der Waals surface area contributed by atoms with E-state index in [1.54, 1.807) is 13.1 Å². The van der Waals surface area contributed by atoms with Gasteiger partial charge in [-0.1, -0.05) is 32.0 Å². The first kappa shape index (κ1) is 21.5. The van der Waals surface area contributed by atoms with Crippen LogP contribution in [0.2, 0.25) is 0 Å². The highest BCUT2D eigenvalue weighted by Gasteiger charge is 2.47. The molecule has 0 bridgehead atoms. The second-order valence-electron chi connectivity index (χ2n) is 9.41. The third kappa shape index (κ3) is 3.97. The molecule has 0 unspecified atom stereocenters. The van der Waals surface area contributed by atoms with Crippen molar-refractivity contribution in [2.75, 3.05) is 43.4 Å². The first-order valence-corrected chi connectivity index (χ1v) is 11.3. The number of urea groups is 1. The lowest BCUT2D eigenvalue weighted by Crippen LogP contribution is -2.45. The maximum atomic E-state index is 12.0. The van der Waals surface area contributed by atoms with Crippen molar-refractivity contribution in [1.82, 2.24) is 10.2 Å². The van der Waals surface area contributed by atoms with E-state index in [-0.39, 0.29) is 11.4 Å². The van der Waals surface area contributed by atoms with Gasteiger partial charge in [-0.05, 0) is 68.1 Å². The molecule has 2 heterocycles. The number of benzene rings is 2. The number of piperidine rings is 1. The predicted molar refractivity (Wildman–Crippen MR) is 127 cm³/mol. The fourth-order valence-corrected chi connectivity index (χ4v) is 5.38.